The van der Waals surface area contributed by atoms with Gasteiger partial charge in [-0.2, -0.15) is 0 Å². The molecule has 66 valence electrons. The topological polar surface area (TPSA) is 78.3 Å². The fraction of sp³-hybridized carbons (Fsp3) is 0.857. The van der Waals surface area contributed by atoms with Gasteiger partial charge in [0.2, 0.25) is 5.91 Å². The summed E-state index contributed by atoms with van der Waals surface area (Å²) in [6.07, 6.45) is 0.660. The predicted octanol–water partition coefficient (Wildman–Crippen LogP) is -0.386. The van der Waals surface area contributed by atoms with Crippen molar-refractivity contribution in [3.8, 4) is 0 Å². The van der Waals surface area contributed by atoms with Gasteiger partial charge in [0, 0.05) is 7.11 Å². The zero-order valence-electron chi connectivity index (χ0n) is 7.26. The van der Waals surface area contributed by atoms with Gasteiger partial charge in [-0.1, -0.05) is 6.92 Å². The molecule has 2 unspecified atom stereocenters. The lowest BCUT2D eigenvalue weighted by atomic mass is 9.93. The second kappa shape index (κ2) is 3.69. The first-order chi connectivity index (χ1) is 4.98. The number of primary amides is 1. The van der Waals surface area contributed by atoms with Gasteiger partial charge < -0.3 is 16.2 Å². The highest BCUT2D eigenvalue weighted by atomic mass is 16.5. The van der Waals surface area contributed by atoms with Crippen molar-refractivity contribution in [2.75, 3.05) is 7.11 Å². The molecule has 0 saturated carbocycles. The number of methoxy groups -OCH3 is 1. The van der Waals surface area contributed by atoms with E-state index in [1.165, 1.54) is 7.11 Å². The molecule has 0 aliphatic carbocycles. The first-order valence-electron chi connectivity index (χ1n) is 3.58. The number of rotatable bonds is 4. The summed E-state index contributed by atoms with van der Waals surface area (Å²) in [6, 6.07) is -0.738. The van der Waals surface area contributed by atoms with Crippen LogP contribution in [0.4, 0.5) is 0 Å². The van der Waals surface area contributed by atoms with Crippen LogP contribution in [0.2, 0.25) is 0 Å². The van der Waals surface area contributed by atoms with Crippen LogP contribution >= 0.6 is 0 Å². The molecule has 0 heterocycles. The Morgan fingerprint density at radius 2 is 2.18 bits per heavy atom. The van der Waals surface area contributed by atoms with Crippen molar-refractivity contribution in [3.05, 3.63) is 0 Å². The third kappa shape index (κ3) is 2.17. The average molecular weight is 160 g/mol. The molecule has 0 radical (unpaired) electrons. The maximum absolute atomic E-state index is 10.7. The van der Waals surface area contributed by atoms with Gasteiger partial charge in [0.05, 0.1) is 5.60 Å². The van der Waals surface area contributed by atoms with Gasteiger partial charge in [0.1, 0.15) is 6.04 Å². The van der Waals surface area contributed by atoms with Crippen molar-refractivity contribution in [2.24, 2.45) is 11.5 Å². The Kier molecular flexibility index (Phi) is 3.48. The molecule has 4 heteroatoms. The summed E-state index contributed by atoms with van der Waals surface area (Å²) < 4.78 is 5.08. The van der Waals surface area contributed by atoms with E-state index in [4.69, 9.17) is 16.2 Å². The van der Waals surface area contributed by atoms with Crippen molar-refractivity contribution < 1.29 is 9.53 Å². The molecule has 0 saturated heterocycles. The second-order valence-corrected chi connectivity index (χ2v) is 2.75. The third-order valence-electron chi connectivity index (χ3n) is 2.13. The fourth-order valence-corrected chi connectivity index (χ4v) is 0.792. The zero-order valence-corrected chi connectivity index (χ0v) is 7.26. The molecule has 0 rings (SSSR count). The maximum atomic E-state index is 10.7. The predicted molar refractivity (Wildman–Crippen MR) is 42.9 cm³/mol. The quantitative estimate of drug-likeness (QED) is 0.588. The van der Waals surface area contributed by atoms with E-state index in [-0.39, 0.29) is 0 Å². The highest BCUT2D eigenvalue weighted by Crippen LogP contribution is 2.16. The monoisotopic (exact) mass is 160 g/mol. The lowest BCUT2D eigenvalue weighted by Crippen LogP contribution is -2.54. The molecule has 4 N–H and O–H groups in total. The Balaban J connectivity index is 4.36. The van der Waals surface area contributed by atoms with Crippen LogP contribution in [-0.4, -0.2) is 24.7 Å². The number of carbonyl (C=O) groups is 1. The smallest absolute Gasteiger partial charge is 0.237 e. The summed E-state index contributed by atoms with van der Waals surface area (Å²) in [5.74, 6) is -0.531. The standard InChI is InChI=1S/C7H16N2O2/c1-4-7(2,11-3)5(8)6(9)10/h5H,4,8H2,1-3H3,(H2,9,10). The maximum Gasteiger partial charge on any atom is 0.237 e. The Hall–Kier alpha value is -0.610. The molecule has 11 heavy (non-hydrogen) atoms. The minimum atomic E-state index is -0.738. The van der Waals surface area contributed by atoms with Crippen LogP contribution in [-0.2, 0) is 9.53 Å². The summed E-state index contributed by atoms with van der Waals surface area (Å²) >= 11 is 0. The molecule has 0 bridgehead atoms. The Bertz CT molecular complexity index is 143. The molecule has 0 aromatic carbocycles. The Morgan fingerprint density at radius 3 is 2.27 bits per heavy atom. The highest BCUT2D eigenvalue weighted by molar-refractivity contribution is 5.81. The average Bonchev–Trinajstić information content (AvgIpc) is 2.01. The minimum Gasteiger partial charge on any atom is -0.376 e. The van der Waals surface area contributed by atoms with Crippen LogP contribution in [0.15, 0.2) is 0 Å². The van der Waals surface area contributed by atoms with Crippen molar-refractivity contribution >= 4 is 5.91 Å². The van der Waals surface area contributed by atoms with Crippen LogP contribution in [0.5, 0.6) is 0 Å². The van der Waals surface area contributed by atoms with Crippen molar-refractivity contribution in [1.82, 2.24) is 0 Å². The van der Waals surface area contributed by atoms with E-state index in [1.807, 2.05) is 6.92 Å². The zero-order chi connectivity index (χ0) is 9.07. The van der Waals surface area contributed by atoms with Crippen molar-refractivity contribution in [1.29, 1.82) is 0 Å². The van der Waals surface area contributed by atoms with E-state index >= 15 is 0 Å². The number of carbonyl (C=O) groups excluding carboxylic acids is 1. The summed E-state index contributed by atoms with van der Waals surface area (Å²) in [5, 5.41) is 0. The minimum absolute atomic E-state index is 0.531. The normalized spacial score (nSPS) is 18.9. The lowest BCUT2D eigenvalue weighted by Gasteiger charge is -2.30. The van der Waals surface area contributed by atoms with Crippen LogP contribution in [0.1, 0.15) is 20.3 Å². The van der Waals surface area contributed by atoms with Gasteiger partial charge >= 0.3 is 0 Å². The summed E-state index contributed by atoms with van der Waals surface area (Å²) in [7, 11) is 1.52. The molecule has 1 amide bonds. The van der Waals surface area contributed by atoms with Crippen LogP contribution in [0.3, 0.4) is 0 Å². The van der Waals surface area contributed by atoms with Crippen LogP contribution in [0, 0.1) is 0 Å². The molecule has 2 atom stereocenters. The number of hydrogen-bond acceptors (Lipinski definition) is 3. The van der Waals surface area contributed by atoms with E-state index in [2.05, 4.69) is 0 Å². The summed E-state index contributed by atoms with van der Waals surface area (Å²) in [5.41, 5.74) is 9.91. The van der Waals surface area contributed by atoms with Gasteiger partial charge in [-0.25, -0.2) is 0 Å². The molecule has 4 nitrogen and oxygen atoms in total. The van der Waals surface area contributed by atoms with E-state index in [0.717, 1.165) is 0 Å². The van der Waals surface area contributed by atoms with Gasteiger partial charge in [-0.05, 0) is 13.3 Å². The lowest BCUT2D eigenvalue weighted by molar-refractivity contribution is -0.126. The SMILES string of the molecule is CCC(C)(OC)C(N)C(N)=O. The van der Waals surface area contributed by atoms with E-state index in [0.29, 0.717) is 6.42 Å². The first-order valence-corrected chi connectivity index (χ1v) is 3.58. The second-order valence-electron chi connectivity index (χ2n) is 2.75. The molecule has 0 aliphatic rings. The third-order valence-corrected chi connectivity index (χ3v) is 2.13. The number of hydrogen-bond donors (Lipinski definition) is 2. The number of nitrogens with two attached hydrogens (primary N) is 2. The van der Waals surface area contributed by atoms with Gasteiger partial charge in [-0.3, -0.25) is 4.79 Å². The Morgan fingerprint density at radius 1 is 1.73 bits per heavy atom. The molecule has 0 aliphatic heterocycles. The van der Waals surface area contributed by atoms with Crippen LogP contribution in [0.25, 0.3) is 0 Å². The first kappa shape index (κ1) is 10.4. The molecular formula is C7H16N2O2. The Labute approximate surface area is 66.9 Å². The van der Waals surface area contributed by atoms with Crippen molar-refractivity contribution in [3.63, 3.8) is 0 Å². The molecule has 0 aromatic heterocycles. The van der Waals surface area contributed by atoms with Gasteiger partial charge in [-0.15, -0.1) is 0 Å². The van der Waals surface area contributed by atoms with Crippen molar-refractivity contribution in [2.45, 2.75) is 31.9 Å². The molecule has 0 aromatic rings. The number of ether oxygens (including phenoxy) is 1. The highest BCUT2D eigenvalue weighted by Gasteiger charge is 2.33. The largest absolute Gasteiger partial charge is 0.376 e. The van der Waals surface area contributed by atoms with Gasteiger partial charge in [0.15, 0.2) is 0 Å². The number of amides is 1. The van der Waals surface area contributed by atoms with E-state index in [1.54, 1.807) is 6.92 Å². The molecular weight excluding hydrogens is 144 g/mol. The fourth-order valence-electron chi connectivity index (χ4n) is 0.792. The molecule has 0 spiro atoms. The summed E-state index contributed by atoms with van der Waals surface area (Å²) in [6.45, 7) is 3.66. The molecule has 0 fully saturated rings. The van der Waals surface area contributed by atoms with Crippen LogP contribution < -0.4 is 11.5 Å². The van der Waals surface area contributed by atoms with E-state index in [9.17, 15) is 4.79 Å². The van der Waals surface area contributed by atoms with Gasteiger partial charge in [0.25, 0.3) is 0 Å². The summed E-state index contributed by atoms with van der Waals surface area (Å²) in [4.78, 5) is 10.7. The van der Waals surface area contributed by atoms with E-state index < -0.39 is 17.6 Å².